The van der Waals surface area contributed by atoms with Gasteiger partial charge in [0.05, 0.1) is 17.3 Å². The molecule has 0 saturated carbocycles. The first-order valence-electron chi connectivity index (χ1n) is 5.50. The summed E-state index contributed by atoms with van der Waals surface area (Å²) in [4.78, 5) is 5.59. The molecule has 0 saturated heterocycles. The van der Waals surface area contributed by atoms with Crippen LogP contribution in [0.3, 0.4) is 0 Å². The Morgan fingerprint density at radius 3 is 2.61 bits per heavy atom. The van der Waals surface area contributed by atoms with E-state index in [-0.39, 0.29) is 0 Å². The van der Waals surface area contributed by atoms with Gasteiger partial charge in [-0.2, -0.15) is 5.26 Å². The van der Waals surface area contributed by atoms with Gasteiger partial charge in [0.2, 0.25) is 0 Å². The first kappa shape index (κ1) is 12.4. The number of nitriles is 1. The monoisotopic (exact) mass is 252 g/mol. The summed E-state index contributed by atoms with van der Waals surface area (Å²) in [5.41, 5.74) is 2.47. The molecule has 0 N–H and O–H groups in total. The summed E-state index contributed by atoms with van der Waals surface area (Å²) in [6.45, 7) is 0. The predicted octanol–water partition coefficient (Wildman–Crippen LogP) is 4.03. The third-order valence-corrected chi connectivity index (χ3v) is 3.20. The SMILES string of the molecule is CSc1ccc(C=Nc2cccc(C#N)c2)cc1. The first-order chi connectivity index (χ1) is 8.81. The fourth-order valence-electron chi connectivity index (χ4n) is 1.49. The minimum Gasteiger partial charge on any atom is -0.256 e. The molecule has 0 bridgehead atoms. The maximum Gasteiger partial charge on any atom is 0.0992 e. The lowest BCUT2D eigenvalue weighted by Crippen LogP contribution is -1.80. The number of benzene rings is 2. The Morgan fingerprint density at radius 1 is 1.17 bits per heavy atom. The van der Waals surface area contributed by atoms with Crippen molar-refractivity contribution in [2.24, 2.45) is 4.99 Å². The molecule has 0 spiro atoms. The molecule has 88 valence electrons. The fourth-order valence-corrected chi connectivity index (χ4v) is 1.90. The van der Waals surface area contributed by atoms with Crippen LogP contribution >= 0.6 is 11.8 Å². The molecule has 0 unspecified atom stereocenters. The molecule has 0 aliphatic rings. The average Bonchev–Trinajstić information content (AvgIpc) is 2.46. The second-order valence-electron chi connectivity index (χ2n) is 3.69. The molecular formula is C15H12N2S. The second-order valence-corrected chi connectivity index (χ2v) is 4.57. The summed E-state index contributed by atoms with van der Waals surface area (Å²) in [5.74, 6) is 0. The van der Waals surface area contributed by atoms with Gasteiger partial charge in [-0.3, -0.25) is 4.99 Å². The van der Waals surface area contributed by atoms with Gasteiger partial charge >= 0.3 is 0 Å². The molecule has 0 heterocycles. The summed E-state index contributed by atoms with van der Waals surface area (Å²) in [7, 11) is 0. The van der Waals surface area contributed by atoms with E-state index in [2.05, 4.69) is 29.5 Å². The Morgan fingerprint density at radius 2 is 1.94 bits per heavy atom. The highest BCUT2D eigenvalue weighted by molar-refractivity contribution is 7.98. The molecule has 2 aromatic rings. The Balaban J connectivity index is 2.16. The van der Waals surface area contributed by atoms with Crippen LogP contribution in [0.5, 0.6) is 0 Å². The van der Waals surface area contributed by atoms with Crippen LogP contribution in [0.25, 0.3) is 0 Å². The standard InChI is InChI=1S/C15H12N2S/c1-18-15-7-5-12(6-8-15)11-17-14-4-2-3-13(9-14)10-16/h2-9,11H,1H3. The van der Waals surface area contributed by atoms with Crippen LogP contribution in [0.2, 0.25) is 0 Å². The van der Waals surface area contributed by atoms with Crippen molar-refractivity contribution < 1.29 is 0 Å². The fraction of sp³-hybridized carbons (Fsp3) is 0.0667. The van der Waals surface area contributed by atoms with Gasteiger partial charge in [-0.05, 0) is 42.2 Å². The molecular weight excluding hydrogens is 240 g/mol. The Labute approximate surface area is 111 Å². The summed E-state index contributed by atoms with van der Waals surface area (Å²) in [5, 5.41) is 8.80. The van der Waals surface area contributed by atoms with E-state index in [0.29, 0.717) is 5.56 Å². The Bertz CT molecular complexity index is 595. The number of thioether (sulfide) groups is 1. The summed E-state index contributed by atoms with van der Waals surface area (Å²) in [6, 6.07) is 17.6. The number of hydrogen-bond donors (Lipinski definition) is 0. The van der Waals surface area contributed by atoms with Gasteiger partial charge in [0, 0.05) is 11.1 Å². The molecule has 3 heteroatoms. The largest absolute Gasteiger partial charge is 0.256 e. The van der Waals surface area contributed by atoms with Crippen LogP contribution in [-0.2, 0) is 0 Å². The summed E-state index contributed by atoms with van der Waals surface area (Å²) < 4.78 is 0. The number of nitrogens with zero attached hydrogens (tertiary/aromatic N) is 2. The van der Waals surface area contributed by atoms with Crippen molar-refractivity contribution >= 4 is 23.7 Å². The van der Waals surface area contributed by atoms with E-state index in [1.165, 1.54) is 4.90 Å². The van der Waals surface area contributed by atoms with E-state index in [9.17, 15) is 0 Å². The van der Waals surface area contributed by atoms with Crippen molar-refractivity contribution in [1.82, 2.24) is 0 Å². The number of rotatable bonds is 3. The Kier molecular flexibility index (Phi) is 4.16. The van der Waals surface area contributed by atoms with Gasteiger partial charge in [0.25, 0.3) is 0 Å². The van der Waals surface area contributed by atoms with Crippen molar-refractivity contribution in [3.63, 3.8) is 0 Å². The topological polar surface area (TPSA) is 36.1 Å². The van der Waals surface area contributed by atoms with Crippen LogP contribution in [0.4, 0.5) is 5.69 Å². The van der Waals surface area contributed by atoms with E-state index >= 15 is 0 Å². The molecule has 0 aliphatic heterocycles. The summed E-state index contributed by atoms with van der Waals surface area (Å²) >= 11 is 1.72. The van der Waals surface area contributed by atoms with Gasteiger partial charge in [0.1, 0.15) is 0 Å². The number of aliphatic imine (C=N–C) groups is 1. The maximum absolute atomic E-state index is 8.80. The predicted molar refractivity (Wildman–Crippen MR) is 76.6 cm³/mol. The van der Waals surface area contributed by atoms with E-state index in [1.807, 2.05) is 24.3 Å². The number of hydrogen-bond acceptors (Lipinski definition) is 3. The lowest BCUT2D eigenvalue weighted by atomic mass is 10.2. The highest BCUT2D eigenvalue weighted by Gasteiger charge is 1.93. The molecule has 0 radical (unpaired) electrons. The minimum atomic E-state index is 0.627. The van der Waals surface area contributed by atoms with Gasteiger partial charge in [-0.1, -0.05) is 18.2 Å². The second kappa shape index (κ2) is 6.04. The zero-order valence-corrected chi connectivity index (χ0v) is 10.8. The van der Waals surface area contributed by atoms with Crippen molar-refractivity contribution in [2.45, 2.75) is 4.90 Å². The van der Waals surface area contributed by atoms with Crippen LogP contribution in [-0.4, -0.2) is 12.5 Å². The molecule has 0 fully saturated rings. The molecule has 0 atom stereocenters. The van der Waals surface area contributed by atoms with Crippen LogP contribution in [0.15, 0.2) is 58.4 Å². The molecule has 0 amide bonds. The lowest BCUT2D eigenvalue weighted by molar-refractivity contribution is 1.44. The van der Waals surface area contributed by atoms with Gasteiger partial charge in [-0.25, -0.2) is 0 Å². The zero-order chi connectivity index (χ0) is 12.8. The minimum absolute atomic E-state index is 0.627. The van der Waals surface area contributed by atoms with Gasteiger partial charge in [0.15, 0.2) is 0 Å². The first-order valence-corrected chi connectivity index (χ1v) is 6.72. The molecule has 0 aliphatic carbocycles. The average molecular weight is 252 g/mol. The molecule has 2 aromatic carbocycles. The normalized spacial score (nSPS) is 10.4. The molecule has 2 rings (SSSR count). The smallest absolute Gasteiger partial charge is 0.0992 e. The summed E-state index contributed by atoms with van der Waals surface area (Å²) in [6.07, 6.45) is 3.86. The Hall–Kier alpha value is -2.05. The van der Waals surface area contributed by atoms with Crippen LogP contribution in [0, 0.1) is 11.3 Å². The van der Waals surface area contributed by atoms with Gasteiger partial charge < -0.3 is 0 Å². The van der Waals surface area contributed by atoms with E-state index in [1.54, 1.807) is 30.1 Å². The third kappa shape index (κ3) is 3.22. The zero-order valence-electron chi connectivity index (χ0n) is 10.00. The van der Waals surface area contributed by atoms with Crippen LogP contribution in [0.1, 0.15) is 11.1 Å². The molecule has 0 aromatic heterocycles. The quantitative estimate of drug-likeness (QED) is 0.610. The molecule has 18 heavy (non-hydrogen) atoms. The van der Waals surface area contributed by atoms with Crippen molar-refractivity contribution in [2.75, 3.05) is 6.26 Å². The van der Waals surface area contributed by atoms with E-state index < -0.39 is 0 Å². The van der Waals surface area contributed by atoms with Crippen LogP contribution < -0.4 is 0 Å². The van der Waals surface area contributed by atoms with E-state index in [4.69, 9.17) is 5.26 Å². The maximum atomic E-state index is 8.80. The molecule has 2 nitrogen and oxygen atoms in total. The van der Waals surface area contributed by atoms with Crippen molar-refractivity contribution in [3.05, 3.63) is 59.7 Å². The van der Waals surface area contributed by atoms with Crippen molar-refractivity contribution in [3.8, 4) is 6.07 Å². The lowest BCUT2D eigenvalue weighted by Gasteiger charge is -1.97. The highest BCUT2D eigenvalue weighted by atomic mass is 32.2. The highest BCUT2D eigenvalue weighted by Crippen LogP contribution is 2.16. The van der Waals surface area contributed by atoms with Crippen molar-refractivity contribution in [1.29, 1.82) is 5.26 Å². The van der Waals surface area contributed by atoms with Gasteiger partial charge in [-0.15, -0.1) is 11.8 Å². The third-order valence-electron chi connectivity index (χ3n) is 2.45. The van der Waals surface area contributed by atoms with E-state index in [0.717, 1.165) is 11.3 Å².